The van der Waals surface area contributed by atoms with Gasteiger partial charge in [0.15, 0.2) is 0 Å². The molecule has 0 bridgehead atoms. The molecule has 1 aromatic heterocycles. The average molecular weight is 298 g/mol. The Kier molecular flexibility index (Phi) is 6.13. The predicted molar refractivity (Wildman–Crippen MR) is 78.2 cm³/mol. The van der Waals surface area contributed by atoms with Gasteiger partial charge in [0.05, 0.1) is 4.92 Å². The van der Waals surface area contributed by atoms with Crippen molar-refractivity contribution in [2.45, 2.75) is 33.1 Å². The highest BCUT2D eigenvalue weighted by molar-refractivity contribution is 5.66. The van der Waals surface area contributed by atoms with E-state index in [0.29, 0.717) is 18.9 Å². The summed E-state index contributed by atoms with van der Waals surface area (Å²) in [5.41, 5.74) is -0.0517. The third-order valence-corrected chi connectivity index (χ3v) is 3.49. The number of hydrogen-bond donors (Lipinski definition) is 2. The quantitative estimate of drug-likeness (QED) is 0.534. The van der Waals surface area contributed by atoms with Crippen molar-refractivity contribution in [1.82, 2.24) is 9.78 Å². The lowest BCUT2D eigenvalue weighted by Gasteiger charge is -2.20. The third-order valence-electron chi connectivity index (χ3n) is 3.49. The van der Waals surface area contributed by atoms with Crippen LogP contribution in [0.4, 0.5) is 11.5 Å². The zero-order chi connectivity index (χ0) is 16.0. The van der Waals surface area contributed by atoms with Crippen molar-refractivity contribution in [2.24, 2.45) is 18.9 Å². The molecule has 0 fully saturated rings. The van der Waals surface area contributed by atoms with Crippen molar-refractivity contribution < 1.29 is 14.8 Å². The SMILES string of the molecule is CC(C)C(CCNc1nn(C)cc1[N+](=O)[O-])CCC(=O)O. The highest BCUT2D eigenvalue weighted by Gasteiger charge is 2.19. The van der Waals surface area contributed by atoms with Crippen LogP contribution >= 0.6 is 0 Å². The van der Waals surface area contributed by atoms with Gasteiger partial charge in [0.1, 0.15) is 6.20 Å². The number of aryl methyl sites for hydroxylation is 1. The standard InChI is InChI=1S/C13H22N4O4/c1-9(2)10(4-5-12(18)19)6-7-14-13-11(17(20)21)8-16(3)15-13/h8-10H,4-7H2,1-3H3,(H,14,15)(H,18,19). The van der Waals surface area contributed by atoms with E-state index in [0.717, 1.165) is 6.42 Å². The normalized spacial score (nSPS) is 12.4. The number of carbonyl (C=O) groups is 1. The zero-order valence-electron chi connectivity index (χ0n) is 12.6. The number of aliphatic carboxylic acids is 1. The topological polar surface area (TPSA) is 110 Å². The minimum absolute atomic E-state index is 0.0517. The molecule has 8 heteroatoms. The summed E-state index contributed by atoms with van der Waals surface area (Å²) in [6, 6.07) is 0. The second-order valence-electron chi connectivity index (χ2n) is 5.45. The van der Waals surface area contributed by atoms with Crippen molar-refractivity contribution in [3.8, 4) is 0 Å². The maximum Gasteiger partial charge on any atom is 0.330 e. The minimum Gasteiger partial charge on any atom is -0.481 e. The molecule has 1 rings (SSSR count). The molecule has 2 N–H and O–H groups in total. The lowest BCUT2D eigenvalue weighted by atomic mass is 9.88. The molecule has 0 saturated carbocycles. The molecule has 0 amide bonds. The average Bonchev–Trinajstić information content (AvgIpc) is 2.74. The van der Waals surface area contributed by atoms with Crippen LogP contribution in [0, 0.1) is 22.0 Å². The number of hydrogen-bond acceptors (Lipinski definition) is 5. The Hall–Kier alpha value is -2.12. The van der Waals surface area contributed by atoms with E-state index in [1.165, 1.54) is 10.9 Å². The first kappa shape index (κ1) is 16.9. The highest BCUT2D eigenvalue weighted by Crippen LogP contribution is 2.24. The number of nitrogens with zero attached hydrogens (tertiary/aromatic N) is 3. The summed E-state index contributed by atoms with van der Waals surface area (Å²) in [7, 11) is 1.63. The largest absolute Gasteiger partial charge is 0.481 e. The number of aromatic nitrogens is 2. The molecule has 1 aromatic rings. The Morgan fingerprint density at radius 2 is 2.19 bits per heavy atom. The Balaban J connectivity index is 2.54. The van der Waals surface area contributed by atoms with Gasteiger partial charge in [0, 0.05) is 20.0 Å². The fraction of sp³-hybridized carbons (Fsp3) is 0.692. The summed E-state index contributed by atoms with van der Waals surface area (Å²) in [4.78, 5) is 21.0. The summed E-state index contributed by atoms with van der Waals surface area (Å²) >= 11 is 0. The van der Waals surface area contributed by atoms with Gasteiger partial charge in [-0.3, -0.25) is 19.6 Å². The molecule has 1 unspecified atom stereocenters. The molecule has 0 aromatic carbocycles. The van der Waals surface area contributed by atoms with Crippen LogP contribution in [-0.2, 0) is 11.8 Å². The number of nitrogens with one attached hydrogen (secondary N) is 1. The number of carboxylic acid groups (broad SMARTS) is 1. The van der Waals surface area contributed by atoms with Gasteiger partial charge in [0.25, 0.3) is 0 Å². The van der Waals surface area contributed by atoms with Gasteiger partial charge in [-0.2, -0.15) is 0 Å². The van der Waals surface area contributed by atoms with Gasteiger partial charge in [-0.1, -0.05) is 13.8 Å². The molecular formula is C13H22N4O4. The van der Waals surface area contributed by atoms with Crippen molar-refractivity contribution in [1.29, 1.82) is 0 Å². The summed E-state index contributed by atoms with van der Waals surface area (Å²) in [5.74, 6) is 0.0819. The molecule has 8 nitrogen and oxygen atoms in total. The van der Waals surface area contributed by atoms with Crippen LogP contribution in [0.25, 0.3) is 0 Å². The Labute approximate surface area is 123 Å². The van der Waals surface area contributed by atoms with Crippen molar-refractivity contribution in [3.05, 3.63) is 16.3 Å². The number of carboxylic acids is 1. The second-order valence-corrected chi connectivity index (χ2v) is 5.45. The van der Waals surface area contributed by atoms with E-state index < -0.39 is 10.9 Å². The van der Waals surface area contributed by atoms with Crippen LogP contribution in [0.2, 0.25) is 0 Å². The molecule has 21 heavy (non-hydrogen) atoms. The van der Waals surface area contributed by atoms with Crippen LogP contribution in [0.5, 0.6) is 0 Å². The number of nitro groups is 1. The van der Waals surface area contributed by atoms with Gasteiger partial charge < -0.3 is 10.4 Å². The first-order chi connectivity index (χ1) is 9.81. The Morgan fingerprint density at radius 1 is 1.52 bits per heavy atom. The fourth-order valence-electron chi connectivity index (χ4n) is 2.23. The minimum atomic E-state index is -0.797. The van der Waals surface area contributed by atoms with E-state index in [2.05, 4.69) is 24.3 Å². The monoisotopic (exact) mass is 298 g/mol. The smallest absolute Gasteiger partial charge is 0.330 e. The molecule has 1 atom stereocenters. The molecule has 0 aliphatic heterocycles. The Morgan fingerprint density at radius 3 is 2.71 bits per heavy atom. The molecule has 118 valence electrons. The van der Waals surface area contributed by atoms with Gasteiger partial charge in [-0.25, -0.2) is 0 Å². The summed E-state index contributed by atoms with van der Waals surface area (Å²) < 4.78 is 1.39. The van der Waals surface area contributed by atoms with Crippen molar-refractivity contribution >= 4 is 17.5 Å². The third kappa shape index (κ3) is 5.41. The summed E-state index contributed by atoms with van der Waals surface area (Å²) in [6.07, 6.45) is 2.86. The summed E-state index contributed by atoms with van der Waals surface area (Å²) in [6.45, 7) is 4.63. The molecule has 0 radical (unpaired) electrons. The Bertz CT molecular complexity index is 498. The zero-order valence-corrected chi connectivity index (χ0v) is 12.6. The van der Waals surface area contributed by atoms with E-state index >= 15 is 0 Å². The lowest BCUT2D eigenvalue weighted by molar-refractivity contribution is -0.384. The fourth-order valence-corrected chi connectivity index (χ4v) is 2.23. The van der Waals surface area contributed by atoms with Crippen LogP contribution in [0.1, 0.15) is 33.1 Å². The first-order valence-corrected chi connectivity index (χ1v) is 6.95. The number of rotatable bonds is 9. The van der Waals surface area contributed by atoms with Gasteiger partial charge in [-0.15, -0.1) is 5.10 Å². The van der Waals surface area contributed by atoms with Crippen LogP contribution in [0.15, 0.2) is 6.20 Å². The maximum absolute atomic E-state index is 10.9. The highest BCUT2D eigenvalue weighted by atomic mass is 16.6. The molecule has 0 spiro atoms. The first-order valence-electron chi connectivity index (χ1n) is 6.95. The molecule has 0 aliphatic carbocycles. The predicted octanol–water partition coefficient (Wildman–Crippen LogP) is 2.27. The van der Waals surface area contributed by atoms with Crippen LogP contribution in [0.3, 0.4) is 0 Å². The molecule has 0 aliphatic rings. The number of anilines is 1. The van der Waals surface area contributed by atoms with Crippen molar-refractivity contribution in [2.75, 3.05) is 11.9 Å². The van der Waals surface area contributed by atoms with E-state index in [4.69, 9.17) is 5.11 Å². The maximum atomic E-state index is 10.9. The van der Waals surface area contributed by atoms with Crippen molar-refractivity contribution in [3.63, 3.8) is 0 Å². The van der Waals surface area contributed by atoms with Gasteiger partial charge in [-0.05, 0) is 24.7 Å². The van der Waals surface area contributed by atoms with E-state index in [1.54, 1.807) is 7.05 Å². The molecule has 1 heterocycles. The van der Waals surface area contributed by atoms with E-state index in [-0.39, 0.29) is 23.8 Å². The van der Waals surface area contributed by atoms with E-state index in [9.17, 15) is 14.9 Å². The second kappa shape index (κ2) is 7.61. The lowest BCUT2D eigenvalue weighted by Crippen LogP contribution is -2.16. The molecule has 0 saturated heterocycles. The summed E-state index contributed by atoms with van der Waals surface area (Å²) in [5, 5.41) is 26.6. The van der Waals surface area contributed by atoms with Crippen LogP contribution in [-0.4, -0.2) is 32.3 Å². The van der Waals surface area contributed by atoms with Crippen LogP contribution < -0.4 is 5.32 Å². The van der Waals surface area contributed by atoms with E-state index in [1.807, 2.05) is 0 Å². The van der Waals surface area contributed by atoms with Gasteiger partial charge >= 0.3 is 11.7 Å². The van der Waals surface area contributed by atoms with Gasteiger partial charge in [0.2, 0.25) is 5.82 Å². The molecular weight excluding hydrogens is 276 g/mol.